The summed E-state index contributed by atoms with van der Waals surface area (Å²) in [5, 5.41) is 17.4. The molecule has 1 rings (SSSR count). The lowest BCUT2D eigenvalue weighted by Gasteiger charge is -2.21. The van der Waals surface area contributed by atoms with Gasteiger partial charge in [0.15, 0.2) is 0 Å². The third-order valence-corrected chi connectivity index (χ3v) is 5.08. The lowest BCUT2D eigenvalue weighted by Crippen LogP contribution is -2.34. The molecule has 8 heteroatoms. The summed E-state index contributed by atoms with van der Waals surface area (Å²) < 4.78 is 31.1. The van der Waals surface area contributed by atoms with Crippen LogP contribution in [-0.2, 0) is 14.8 Å². The largest absolute Gasteiger partial charge is 0.383 e. The smallest absolute Gasteiger partial charge is 0.244 e. The van der Waals surface area contributed by atoms with Gasteiger partial charge in [-0.3, -0.25) is 0 Å². The van der Waals surface area contributed by atoms with Crippen molar-refractivity contribution in [2.24, 2.45) is 0 Å². The molecule has 0 bridgehead atoms. The maximum Gasteiger partial charge on any atom is 0.244 e. The summed E-state index contributed by atoms with van der Waals surface area (Å²) in [5.74, 6) is 0. The molecule has 1 aromatic carbocycles. The molecule has 1 aromatic rings. The summed E-state index contributed by atoms with van der Waals surface area (Å²) in [5.41, 5.74) is 0.277. The maximum atomic E-state index is 12.6. The van der Waals surface area contributed by atoms with Crippen molar-refractivity contribution in [1.82, 2.24) is 4.31 Å². The number of hydrogen-bond acceptors (Lipinski definition) is 5. The zero-order valence-corrected chi connectivity index (χ0v) is 13.0. The molecule has 112 valence electrons. The normalized spacial score (nSPS) is 11.1. The summed E-state index contributed by atoms with van der Waals surface area (Å²) in [7, 11) is -2.38. The number of benzene rings is 1. The Labute approximate surface area is 129 Å². The van der Waals surface area contributed by atoms with Gasteiger partial charge in [0.05, 0.1) is 29.3 Å². The van der Waals surface area contributed by atoms with Gasteiger partial charge >= 0.3 is 0 Å². The molecule has 0 atom stereocenters. The zero-order valence-electron chi connectivity index (χ0n) is 11.4. The Morgan fingerprint density at radius 2 is 2.05 bits per heavy atom. The van der Waals surface area contributed by atoms with Crippen molar-refractivity contribution in [1.29, 1.82) is 10.5 Å². The molecule has 0 aromatic heterocycles. The van der Waals surface area contributed by atoms with E-state index >= 15 is 0 Å². The van der Waals surface area contributed by atoms with Gasteiger partial charge in [0.25, 0.3) is 0 Å². The number of nitriles is 2. The van der Waals surface area contributed by atoms with Gasteiger partial charge in [-0.25, -0.2) is 8.42 Å². The van der Waals surface area contributed by atoms with E-state index in [-0.39, 0.29) is 41.6 Å². The molecule has 0 aliphatic heterocycles. The Balaban J connectivity index is 3.16. The molecule has 0 saturated heterocycles. The molecule has 6 nitrogen and oxygen atoms in total. The lowest BCUT2D eigenvalue weighted by molar-refractivity contribution is 0.179. The molecule has 0 radical (unpaired) electrons. The molecule has 21 heavy (non-hydrogen) atoms. The number of halogens is 1. The standard InChI is InChI=1S/C13H14ClN3O3S/c1-20-8-7-17(6-2-5-15)21(18,19)13-4-3-11(10-16)9-12(13)14/h3-4,9H,2,6-8H2,1H3. The number of methoxy groups -OCH3 is 1. The quantitative estimate of drug-likeness (QED) is 0.760. The van der Waals surface area contributed by atoms with Gasteiger partial charge in [-0.15, -0.1) is 0 Å². The fourth-order valence-electron chi connectivity index (χ4n) is 1.64. The highest BCUT2D eigenvalue weighted by Crippen LogP contribution is 2.25. The van der Waals surface area contributed by atoms with E-state index in [4.69, 9.17) is 26.9 Å². The number of sulfonamides is 1. The number of ether oxygens (including phenoxy) is 1. The van der Waals surface area contributed by atoms with Crippen LogP contribution in [-0.4, -0.2) is 39.5 Å². The van der Waals surface area contributed by atoms with Crippen LogP contribution in [0.2, 0.25) is 5.02 Å². The van der Waals surface area contributed by atoms with Crippen LogP contribution < -0.4 is 0 Å². The molecule has 0 aliphatic carbocycles. The van der Waals surface area contributed by atoms with Crippen LogP contribution in [0.25, 0.3) is 0 Å². The molecule has 0 unspecified atom stereocenters. The fraction of sp³-hybridized carbons (Fsp3) is 0.385. The minimum absolute atomic E-state index is 0.0200. The Bertz CT molecular complexity index is 677. The third kappa shape index (κ3) is 4.42. The van der Waals surface area contributed by atoms with Gasteiger partial charge in [-0.1, -0.05) is 11.6 Å². The van der Waals surface area contributed by atoms with Crippen molar-refractivity contribution in [3.05, 3.63) is 28.8 Å². The van der Waals surface area contributed by atoms with Crippen LogP contribution in [0.1, 0.15) is 12.0 Å². The number of rotatable bonds is 7. The van der Waals surface area contributed by atoms with Gasteiger partial charge in [0, 0.05) is 26.6 Å². The van der Waals surface area contributed by atoms with E-state index in [9.17, 15) is 8.42 Å². The fourth-order valence-corrected chi connectivity index (χ4v) is 3.58. The van der Waals surface area contributed by atoms with Crippen molar-refractivity contribution in [2.75, 3.05) is 26.8 Å². The van der Waals surface area contributed by atoms with E-state index in [0.29, 0.717) is 0 Å². The molecule has 0 amide bonds. The van der Waals surface area contributed by atoms with E-state index < -0.39 is 10.0 Å². The van der Waals surface area contributed by atoms with Crippen molar-refractivity contribution in [2.45, 2.75) is 11.3 Å². The molecule has 0 fully saturated rings. The Morgan fingerprint density at radius 1 is 1.33 bits per heavy atom. The Hall–Kier alpha value is -1.64. The van der Waals surface area contributed by atoms with E-state index in [2.05, 4.69) is 0 Å². The first-order valence-corrected chi connectivity index (χ1v) is 7.85. The van der Waals surface area contributed by atoms with Gasteiger partial charge in [-0.2, -0.15) is 14.8 Å². The van der Waals surface area contributed by atoms with E-state index in [0.717, 1.165) is 4.31 Å². The van der Waals surface area contributed by atoms with Gasteiger partial charge in [-0.05, 0) is 18.2 Å². The Kier molecular flexibility index (Phi) is 6.60. The second-order valence-corrected chi connectivity index (χ2v) is 6.38. The summed E-state index contributed by atoms with van der Waals surface area (Å²) in [6.45, 7) is 0.383. The van der Waals surface area contributed by atoms with Crippen LogP contribution in [0, 0.1) is 22.7 Å². The molecule has 0 N–H and O–H groups in total. The van der Waals surface area contributed by atoms with Crippen molar-refractivity contribution in [3.8, 4) is 12.1 Å². The molecular weight excluding hydrogens is 314 g/mol. The second kappa shape index (κ2) is 7.96. The van der Waals surface area contributed by atoms with Gasteiger partial charge in [0.1, 0.15) is 4.90 Å². The van der Waals surface area contributed by atoms with Crippen molar-refractivity contribution in [3.63, 3.8) is 0 Å². The van der Waals surface area contributed by atoms with Crippen LogP contribution in [0.4, 0.5) is 0 Å². The Morgan fingerprint density at radius 3 is 2.57 bits per heavy atom. The predicted octanol–water partition coefficient (Wildman–Crippen LogP) is 1.76. The topological polar surface area (TPSA) is 94.2 Å². The minimum atomic E-state index is -3.84. The first-order chi connectivity index (χ1) is 9.97. The van der Waals surface area contributed by atoms with E-state index in [1.165, 1.54) is 25.3 Å². The molecule has 0 saturated carbocycles. The first kappa shape index (κ1) is 17.4. The number of hydrogen-bond donors (Lipinski definition) is 0. The van der Waals surface area contributed by atoms with Crippen LogP contribution in [0.15, 0.2) is 23.1 Å². The highest BCUT2D eigenvalue weighted by molar-refractivity contribution is 7.89. The third-order valence-electron chi connectivity index (χ3n) is 2.70. The SMILES string of the molecule is COCCN(CCC#N)S(=O)(=O)c1ccc(C#N)cc1Cl. The molecule has 0 heterocycles. The van der Waals surface area contributed by atoms with Crippen LogP contribution >= 0.6 is 11.6 Å². The number of nitrogens with zero attached hydrogens (tertiary/aromatic N) is 3. The summed E-state index contributed by atoms with van der Waals surface area (Å²) in [6.07, 6.45) is 0.0663. The van der Waals surface area contributed by atoms with Crippen LogP contribution in [0.5, 0.6) is 0 Å². The highest BCUT2D eigenvalue weighted by atomic mass is 35.5. The average Bonchev–Trinajstić information content (AvgIpc) is 2.46. The molecule has 0 spiro atoms. The average molecular weight is 328 g/mol. The van der Waals surface area contributed by atoms with Gasteiger partial charge in [0.2, 0.25) is 10.0 Å². The highest BCUT2D eigenvalue weighted by Gasteiger charge is 2.26. The molecular formula is C13H14ClN3O3S. The monoisotopic (exact) mass is 327 g/mol. The maximum absolute atomic E-state index is 12.6. The first-order valence-electron chi connectivity index (χ1n) is 6.03. The predicted molar refractivity (Wildman–Crippen MR) is 77.0 cm³/mol. The second-order valence-electron chi connectivity index (χ2n) is 4.06. The van der Waals surface area contributed by atoms with Crippen molar-refractivity contribution < 1.29 is 13.2 Å². The van der Waals surface area contributed by atoms with Crippen molar-refractivity contribution >= 4 is 21.6 Å². The van der Waals surface area contributed by atoms with Crippen LogP contribution in [0.3, 0.4) is 0 Å². The molecule has 0 aliphatic rings. The van der Waals surface area contributed by atoms with E-state index in [1.807, 2.05) is 12.1 Å². The minimum Gasteiger partial charge on any atom is -0.383 e. The van der Waals surface area contributed by atoms with Gasteiger partial charge < -0.3 is 4.74 Å². The zero-order chi connectivity index (χ0) is 15.9. The summed E-state index contributed by atoms with van der Waals surface area (Å²) in [4.78, 5) is -0.0859. The van der Waals surface area contributed by atoms with E-state index in [1.54, 1.807) is 0 Å². The summed E-state index contributed by atoms with van der Waals surface area (Å²) in [6, 6.07) is 7.78. The summed E-state index contributed by atoms with van der Waals surface area (Å²) >= 11 is 5.95. The lowest BCUT2D eigenvalue weighted by atomic mass is 10.2.